The number of rotatable bonds is 5. The fraction of sp³-hybridized carbons (Fsp3) is 0.320. The maximum atomic E-state index is 13.6. The molecule has 2 aromatic heterocycles. The molecule has 34 heavy (non-hydrogen) atoms. The lowest BCUT2D eigenvalue weighted by Crippen LogP contribution is -2.34. The molecule has 0 saturated carbocycles. The molecule has 0 fully saturated rings. The number of fused-ring (bicyclic) bond motifs is 1. The fourth-order valence-corrected chi connectivity index (χ4v) is 4.22. The molecule has 0 bridgehead atoms. The summed E-state index contributed by atoms with van der Waals surface area (Å²) in [6, 6.07) is 9.99. The molecule has 0 spiro atoms. The van der Waals surface area contributed by atoms with Gasteiger partial charge in [0.25, 0.3) is 17.4 Å². The second-order valence-corrected chi connectivity index (χ2v) is 8.18. The third-order valence-electron chi connectivity index (χ3n) is 6.24. The Hall–Kier alpha value is -3.88. The third-order valence-corrected chi connectivity index (χ3v) is 6.24. The van der Waals surface area contributed by atoms with Crippen LogP contribution in [-0.4, -0.2) is 53.4 Å². The number of benzene rings is 1. The molecule has 0 saturated heterocycles. The van der Waals surface area contributed by atoms with Gasteiger partial charge in [-0.1, -0.05) is 6.07 Å². The van der Waals surface area contributed by atoms with Crippen molar-refractivity contribution in [2.75, 3.05) is 27.2 Å². The number of ether oxygens (including phenoxy) is 1. The van der Waals surface area contributed by atoms with E-state index in [1.807, 2.05) is 6.92 Å². The van der Waals surface area contributed by atoms with E-state index in [0.717, 1.165) is 0 Å². The van der Waals surface area contributed by atoms with E-state index in [0.29, 0.717) is 11.5 Å². The normalized spacial score (nSPS) is 14.2. The van der Waals surface area contributed by atoms with Crippen LogP contribution >= 0.6 is 0 Å². The summed E-state index contributed by atoms with van der Waals surface area (Å²) in [4.78, 5) is 42.5. The Kier molecular flexibility index (Phi) is 6.54. The molecule has 1 aliphatic heterocycles. The van der Waals surface area contributed by atoms with Crippen LogP contribution in [0.1, 0.15) is 45.1 Å². The average molecular weight is 467 g/mol. The van der Waals surface area contributed by atoms with Crippen molar-refractivity contribution in [2.45, 2.75) is 25.9 Å². The number of nitrogens with zero attached hydrogens (tertiary/aromatic N) is 3. The Morgan fingerprint density at radius 2 is 1.94 bits per heavy atom. The van der Waals surface area contributed by atoms with Crippen molar-refractivity contribution in [3.63, 3.8) is 0 Å². The van der Waals surface area contributed by atoms with E-state index in [-0.39, 0.29) is 66.3 Å². The minimum atomic E-state index is -0.494. The predicted octanol–water partition coefficient (Wildman–Crippen LogP) is 3.12. The van der Waals surface area contributed by atoms with Gasteiger partial charge in [-0.25, -0.2) is 4.39 Å². The monoisotopic (exact) mass is 467 g/mol. The largest absolute Gasteiger partial charge is 0.496 e. The summed E-state index contributed by atoms with van der Waals surface area (Å²) in [7, 11) is 3.07. The van der Waals surface area contributed by atoms with Gasteiger partial charge in [-0.3, -0.25) is 14.4 Å². The maximum absolute atomic E-state index is 13.6. The lowest BCUT2D eigenvalue weighted by atomic mass is 10.1. The number of carbonyl (C=O) groups is 2. The summed E-state index contributed by atoms with van der Waals surface area (Å²) >= 11 is 0. The van der Waals surface area contributed by atoms with Gasteiger partial charge in [-0.2, -0.15) is 0 Å². The second kappa shape index (κ2) is 9.54. The number of methoxy groups -OCH3 is 1. The van der Waals surface area contributed by atoms with E-state index < -0.39 is 5.82 Å². The molecule has 0 N–H and O–H groups in total. The number of hydrogen-bond acceptors (Lipinski definition) is 5. The van der Waals surface area contributed by atoms with Crippen molar-refractivity contribution in [3.8, 4) is 5.75 Å². The summed E-state index contributed by atoms with van der Waals surface area (Å²) in [5.74, 6) is -0.338. The molecule has 4 rings (SSSR count). The van der Waals surface area contributed by atoms with Crippen molar-refractivity contribution >= 4 is 11.8 Å². The summed E-state index contributed by atoms with van der Waals surface area (Å²) in [6.07, 6.45) is 1.81. The highest BCUT2D eigenvalue weighted by molar-refractivity contribution is 5.98. The zero-order valence-electron chi connectivity index (χ0n) is 19.3. The van der Waals surface area contributed by atoms with Crippen LogP contribution < -0.4 is 10.3 Å². The van der Waals surface area contributed by atoms with Crippen LogP contribution in [0.15, 0.2) is 57.9 Å². The first-order valence-corrected chi connectivity index (χ1v) is 11.0. The van der Waals surface area contributed by atoms with E-state index in [4.69, 9.17) is 9.15 Å². The Bertz CT molecular complexity index is 1270. The van der Waals surface area contributed by atoms with Gasteiger partial charge in [0.15, 0.2) is 0 Å². The molecule has 2 amide bonds. The zero-order chi connectivity index (χ0) is 24.4. The predicted molar refractivity (Wildman–Crippen MR) is 122 cm³/mol. The van der Waals surface area contributed by atoms with E-state index in [2.05, 4.69) is 0 Å². The molecule has 8 nitrogen and oxygen atoms in total. The Labute approximate surface area is 196 Å². The Morgan fingerprint density at radius 3 is 2.62 bits per heavy atom. The second-order valence-electron chi connectivity index (χ2n) is 8.18. The van der Waals surface area contributed by atoms with Crippen LogP contribution in [0, 0.1) is 5.82 Å². The van der Waals surface area contributed by atoms with Gasteiger partial charge in [0.1, 0.15) is 22.9 Å². The molecular weight excluding hydrogens is 441 g/mol. The van der Waals surface area contributed by atoms with Crippen LogP contribution in [0.3, 0.4) is 0 Å². The van der Waals surface area contributed by atoms with Crippen LogP contribution in [0.5, 0.6) is 5.75 Å². The van der Waals surface area contributed by atoms with E-state index >= 15 is 0 Å². The standard InChI is InChI=1S/C25H26FN3O5/c1-16(20-8-5-13-34-20)27(2)25(32)23-19-9-10-28(24(31)17-6-4-7-18(26)14-17)11-12-29(19)22(30)15-21(23)33-3/h4-8,13-16H,9-12H2,1-3H3/t16-/m0/s1. The first kappa shape index (κ1) is 23.3. The van der Waals surface area contributed by atoms with E-state index in [1.165, 1.54) is 40.8 Å². The molecule has 1 aromatic carbocycles. The quantitative estimate of drug-likeness (QED) is 0.576. The lowest BCUT2D eigenvalue weighted by Gasteiger charge is -2.26. The highest BCUT2D eigenvalue weighted by Crippen LogP contribution is 2.28. The molecule has 178 valence electrons. The van der Waals surface area contributed by atoms with Crippen molar-refractivity contribution in [1.29, 1.82) is 0 Å². The molecule has 1 aliphatic rings. The van der Waals surface area contributed by atoms with Crippen LogP contribution in [-0.2, 0) is 13.0 Å². The average Bonchev–Trinajstić information content (AvgIpc) is 3.28. The molecule has 0 aliphatic carbocycles. The minimum absolute atomic E-state index is 0.185. The van der Waals surface area contributed by atoms with Crippen molar-refractivity contribution in [2.24, 2.45) is 0 Å². The molecule has 3 aromatic rings. The van der Waals surface area contributed by atoms with E-state index in [1.54, 1.807) is 36.4 Å². The topological polar surface area (TPSA) is 85.0 Å². The maximum Gasteiger partial charge on any atom is 0.259 e. The van der Waals surface area contributed by atoms with Gasteiger partial charge in [0.05, 0.1) is 19.4 Å². The van der Waals surface area contributed by atoms with Crippen molar-refractivity contribution < 1.29 is 23.1 Å². The summed E-state index contributed by atoms with van der Waals surface area (Å²) in [5.41, 5.74) is 0.704. The van der Waals surface area contributed by atoms with Crippen LogP contribution in [0.25, 0.3) is 0 Å². The zero-order valence-corrected chi connectivity index (χ0v) is 19.3. The summed E-state index contributed by atoms with van der Waals surface area (Å²) in [5, 5.41) is 0. The number of furan rings is 1. The Morgan fingerprint density at radius 1 is 1.15 bits per heavy atom. The van der Waals surface area contributed by atoms with Gasteiger partial charge in [-0.15, -0.1) is 0 Å². The molecule has 1 atom stereocenters. The fourth-order valence-electron chi connectivity index (χ4n) is 4.22. The number of carbonyl (C=O) groups excluding carboxylic acids is 2. The summed E-state index contributed by atoms with van der Waals surface area (Å²) in [6.45, 7) is 2.56. The number of halogens is 1. The summed E-state index contributed by atoms with van der Waals surface area (Å²) < 4.78 is 26.0. The molecule has 3 heterocycles. The number of amides is 2. The van der Waals surface area contributed by atoms with Gasteiger partial charge in [0, 0.05) is 50.4 Å². The van der Waals surface area contributed by atoms with Gasteiger partial charge < -0.3 is 23.5 Å². The van der Waals surface area contributed by atoms with E-state index in [9.17, 15) is 18.8 Å². The lowest BCUT2D eigenvalue weighted by molar-refractivity contribution is 0.0720. The third kappa shape index (κ3) is 4.33. The minimum Gasteiger partial charge on any atom is -0.496 e. The number of aromatic nitrogens is 1. The smallest absolute Gasteiger partial charge is 0.259 e. The van der Waals surface area contributed by atoms with Gasteiger partial charge >= 0.3 is 0 Å². The first-order chi connectivity index (χ1) is 16.3. The first-order valence-electron chi connectivity index (χ1n) is 11.0. The van der Waals surface area contributed by atoms with Gasteiger partial charge in [-0.05, 0) is 37.3 Å². The highest BCUT2D eigenvalue weighted by Gasteiger charge is 2.30. The highest BCUT2D eigenvalue weighted by atomic mass is 19.1. The van der Waals surface area contributed by atoms with Crippen molar-refractivity contribution in [3.05, 3.63) is 87.5 Å². The van der Waals surface area contributed by atoms with Crippen LogP contribution in [0.2, 0.25) is 0 Å². The van der Waals surface area contributed by atoms with Crippen LogP contribution in [0.4, 0.5) is 4.39 Å². The molecular formula is C25H26FN3O5. The van der Waals surface area contributed by atoms with Gasteiger partial charge in [0.2, 0.25) is 0 Å². The van der Waals surface area contributed by atoms with Crippen molar-refractivity contribution in [1.82, 2.24) is 14.4 Å². The SMILES string of the molecule is COc1cc(=O)n2c(c1C(=O)N(C)[C@@H](C)c1ccco1)CCN(C(=O)c1cccc(F)c1)CC2. The number of hydrogen-bond donors (Lipinski definition) is 0. The molecule has 0 radical (unpaired) electrons. The number of pyridine rings is 1. The Balaban J connectivity index is 1.67. The molecule has 0 unspecified atom stereocenters. The molecule has 9 heteroatoms.